The molecular weight excluding hydrogens is 365 g/mol. The van der Waals surface area contributed by atoms with Crippen LogP contribution in [0.3, 0.4) is 0 Å². The molecule has 0 amide bonds. The molecule has 0 radical (unpaired) electrons. The Balaban J connectivity index is 3.42. The van der Waals surface area contributed by atoms with E-state index in [0.717, 1.165) is 0 Å². The molecule has 0 aliphatic carbocycles. The minimum absolute atomic E-state index is 0.0585. The number of ether oxygens (including phenoxy) is 3. The minimum atomic E-state index is -1.80. The summed E-state index contributed by atoms with van der Waals surface area (Å²) in [5.74, 6) is -8.67. The zero-order valence-electron chi connectivity index (χ0n) is 13.9. The van der Waals surface area contributed by atoms with Crippen LogP contribution >= 0.6 is 11.6 Å². The van der Waals surface area contributed by atoms with E-state index in [9.17, 15) is 22.8 Å². The first-order valence-electron chi connectivity index (χ1n) is 7.57. The van der Waals surface area contributed by atoms with Gasteiger partial charge < -0.3 is 14.2 Å². The monoisotopic (exact) mass is 382 g/mol. The number of carbonyl (C=O) groups excluding carboxylic acids is 2. The third-order valence-corrected chi connectivity index (χ3v) is 3.46. The molecule has 0 heterocycles. The van der Waals surface area contributed by atoms with Crippen LogP contribution in [0.5, 0.6) is 0 Å². The number of Topliss-reactive ketones (excluding diaryl/α,β-unsaturated/α-hetero) is 1. The fourth-order valence-electron chi connectivity index (χ4n) is 2.09. The Morgan fingerprint density at radius 2 is 1.60 bits per heavy atom. The number of benzene rings is 1. The summed E-state index contributed by atoms with van der Waals surface area (Å²) >= 11 is 5.40. The lowest BCUT2D eigenvalue weighted by atomic mass is 9.95. The van der Waals surface area contributed by atoms with Crippen LogP contribution in [0.4, 0.5) is 13.2 Å². The van der Waals surface area contributed by atoms with E-state index in [1.807, 2.05) is 0 Å². The number of carbonyl (C=O) groups is 2. The van der Waals surface area contributed by atoms with E-state index < -0.39 is 52.0 Å². The van der Waals surface area contributed by atoms with Gasteiger partial charge in [-0.2, -0.15) is 0 Å². The topological polar surface area (TPSA) is 61.8 Å². The van der Waals surface area contributed by atoms with E-state index in [0.29, 0.717) is 0 Å². The van der Waals surface area contributed by atoms with Crippen molar-refractivity contribution in [3.63, 3.8) is 0 Å². The SMILES string of the molecule is CCOC(=O)C(C(=O)c1c(F)cc(F)c(Cl)c1F)C(OCC)OCC. The molecule has 140 valence electrons. The number of hydrogen-bond donors (Lipinski definition) is 0. The van der Waals surface area contributed by atoms with E-state index in [2.05, 4.69) is 0 Å². The molecular formula is C16H18ClF3O5. The highest BCUT2D eigenvalue weighted by Gasteiger charge is 2.41. The Bertz CT molecular complexity index is 633. The molecule has 1 aromatic rings. The van der Waals surface area contributed by atoms with Crippen LogP contribution in [0.25, 0.3) is 0 Å². The highest BCUT2D eigenvalue weighted by molar-refractivity contribution is 6.31. The number of halogens is 4. The van der Waals surface area contributed by atoms with Gasteiger partial charge in [0, 0.05) is 19.3 Å². The van der Waals surface area contributed by atoms with Gasteiger partial charge in [0.2, 0.25) is 0 Å². The van der Waals surface area contributed by atoms with Gasteiger partial charge in [-0.15, -0.1) is 0 Å². The molecule has 0 spiro atoms. The van der Waals surface area contributed by atoms with E-state index in [4.69, 9.17) is 25.8 Å². The molecule has 0 aromatic heterocycles. The fraction of sp³-hybridized carbons (Fsp3) is 0.500. The highest BCUT2D eigenvalue weighted by atomic mass is 35.5. The third-order valence-electron chi connectivity index (χ3n) is 3.12. The molecule has 0 fully saturated rings. The molecule has 0 aliphatic heterocycles. The summed E-state index contributed by atoms with van der Waals surface area (Å²) in [6, 6.07) is 0.261. The maximum Gasteiger partial charge on any atom is 0.322 e. The van der Waals surface area contributed by atoms with Crippen molar-refractivity contribution in [2.75, 3.05) is 19.8 Å². The van der Waals surface area contributed by atoms with Gasteiger partial charge in [-0.25, -0.2) is 13.2 Å². The van der Waals surface area contributed by atoms with Gasteiger partial charge in [-0.3, -0.25) is 9.59 Å². The fourth-order valence-corrected chi connectivity index (χ4v) is 2.24. The van der Waals surface area contributed by atoms with Crippen molar-refractivity contribution in [3.05, 3.63) is 34.1 Å². The summed E-state index contributed by atoms with van der Waals surface area (Å²) in [5, 5.41) is -1.06. The first kappa shape index (κ1) is 21.4. The summed E-state index contributed by atoms with van der Waals surface area (Å²) in [6.07, 6.45) is -1.43. The molecule has 1 rings (SSSR count). The second-order valence-electron chi connectivity index (χ2n) is 4.72. The third kappa shape index (κ3) is 4.93. The molecule has 0 saturated heterocycles. The highest BCUT2D eigenvalue weighted by Crippen LogP contribution is 2.28. The smallest absolute Gasteiger partial charge is 0.322 e. The minimum Gasteiger partial charge on any atom is -0.465 e. The van der Waals surface area contributed by atoms with Crippen molar-refractivity contribution in [2.45, 2.75) is 27.1 Å². The van der Waals surface area contributed by atoms with Crippen molar-refractivity contribution in [1.82, 2.24) is 0 Å². The van der Waals surface area contributed by atoms with Crippen molar-refractivity contribution in [3.8, 4) is 0 Å². The quantitative estimate of drug-likeness (QED) is 0.163. The Labute approximate surface area is 148 Å². The van der Waals surface area contributed by atoms with Crippen molar-refractivity contribution < 1.29 is 37.0 Å². The van der Waals surface area contributed by atoms with Crippen molar-refractivity contribution in [2.24, 2.45) is 5.92 Å². The molecule has 0 bridgehead atoms. The number of hydrogen-bond acceptors (Lipinski definition) is 5. The summed E-state index contributed by atoms with van der Waals surface area (Å²) in [4.78, 5) is 24.8. The van der Waals surface area contributed by atoms with E-state index in [1.54, 1.807) is 13.8 Å². The van der Waals surface area contributed by atoms with Gasteiger partial charge in [0.25, 0.3) is 0 Å². The summed E-state index contributed by atoms with van der Waals surface area (Å²) < 4.78 is 56.6. The Morgan fingerprint density at radius 1 is 1.04 bits per heavy atom. The van der Waals surface area contributed by atoms with Gasteiger partial charge in [-0.05, 0) is 20.8 Å². The van der Waals surface area contributed by atoms with Crippen molar-refractivity contribution in [1.29, 1.82) is 0 Å². The molecule has 1 atom stereocenters. The van der Waals surface area contributed by atoms with Crippen LogP contribution in [0.1, 0.15) is 31.1 Å². The molecule has 0 saturated carbocycles. The number of ketones is 1. The van der Waals surface area contributed by atoms with Gasteiger partial charge in [0.05, 0.1) is 12.2 Å². The first-order chi connectivity index (χ1) is 11.8. The van der Waals surface area contributed by atoms with E-state index >= 15 is 0 Å². The first-order valence-corrected chi connectivity index (χ1v) is 7.94. The molecule has 5 nitrogen and oxygen atoms in total. The molecule has 0 N–H and O–H groups in total. The van der Waals surface area contributed by atoms with Crippen LogP contribution in [-0.2, 0) is 19.0 Å². The lowest BCUT2D eigenvalue weighted by Gasteiger charge is -2.24. The van der Waals surface area contributed by atoms with Crippen LogP contribution in [0, 0.1) is 23.4 Å². The Kier molecular flexibility index (Phi) is 8.34. The van der Waals surface area contributed by atoms with Crippen LogP contribution in [-0.4, -0.2) is 37.9 Å². The standard InChI is InChI=1S/C16H18ClF3O5/c1-4-23-15(22)11(16(24-5-2)25-6-3)14(21)10-8(18)7-9(19)12(17)13(10)20/h7,11,16H,4-6H2,1-3H3. The van der Waals surface area contributed by atoms with Gasteiger partial charge in [0.15, 0.2) is 23.8 Å². The second kappa shape index (κ2) is 9.74. The molecule has 0 aliphatic rings. The largest absolute Gasteiger partial charge is 0.465 e. The number of esters is 1. The molecule has 9 heteroatoms. The average molecular weight is 383 g/mol. The van der Waals surface area contributed by atoms with Crippen LogP contribution in [0.2, 0.25) is 5.02 Å². The van der Waals surface area contributed by atoms with Gasteiger partial charge >= 0.3 is 5.97 Å². The Morgan fingerprint density at radius 3 is 2.08 bits per heavy atom. The second-order valence-corrected chi connectivity index (χ2v) is 5.09. The molecule has 25 heavy (non-hydrogen) atoms. The zero-order chi connectivity index (χ0) is 19.1. The van der Waals surface area contributed by atoms with Gasteiger partial charge in [0.1, 0.15) is 16.7 Å². The summed E-state index contributed by atoms with van der Waals surface area (Å²) in [6.45, 7) is 4.68. The molecule has 1 unspecified atom stereocenters. The van der Waals surface area contributed by atoms with E-state index in [-0.39, 0.29) is 25.9 Å². The lowest BCUT2D eigenvalue weighted by molar-refractivity contribution is -0.181. The van der Waals surface area contributed by atoms with Gasteiger partial charge in [-0.1, -0.05) is 11.6 Å². The number of rotatable bonds is 9. The molecule has 1 aromatic carbocycles. The van der Waals surface area contributed by atoms with Crippen LogP contribution in [0.15, 0.2) is 6.07 Å². The lowest BCUT2D eigenvalue weighted by Crippen LogP contribution is -2.40. The average Bonchev–Trinajstić information content (AvgIpc) is 2.53. The predicted molar refractivity (Wildman–Crippen MR) is 82.8 cm³/mol. The summed E-state index contributed by atoms with van der Waals surface area (Å²) in [5.41, 5.74) is -1.16. The predicted octanol–water partition coefficient (Wildman–Crippen LogP) is 3.52. The Hall–Kier alpha value is -1.64. The maximum atomic E-state index is 14.2. The van der Waals surface area contributed by atoms with Crippen LogP contribution < -0.4 is 0 Å². The van der Waals surface area contributed by atoms with Crippen molar-refractivity contribution >= 4 is 23.4 Å². The van der Waals surface area contributed by atoms with E-state index in [1.165, 1.54) is 6.92 Å². The zero-order valence-corrected chi connectivity index (χ0v) is 14.7. The normalized spacial score (nSPS) is 12.3. The summed E-state index contributed by atoms with van der Waals surface area (Å²) in [7, 11) is 0. The maximum absolute atomic E-state index is 14.2.